The van der Waals surface area contributed by atoms with E-state index in [4.69, 9.17) is 10.5 Å². The lowest BCUT2D eigenvalue weighted by molar-refractivity contribution is -0.120. The Hall–Kier alpha value is -2.19. The van der Waals surface area contributed by atoms with Crippen molar-refractivity contribution >= 4 is 24.0 Å². The highest BCUT2D eigenvalue weighted by Gasteiger charge is 2.22. The number of carbonyl (C=O) groups is 1. The summed E-state index contributed by atoms with van der Waals surface area (Å²) in [5, 5.41) is 13.7. The first-order chi connectivity index (χ1) is 9.41. The normalized spacial score (nSPS) is 10.7. The molecule has 3 N–H and O–H groups in total. The second-order valence-electron chi connectivity index (χ2n) is 4.82. The van der Waals surface area contributed by atoms with E-state index in [1.807, 2.05) is 0 Å². The molecule has 21 heavy (non-hydrogen) atoms. The van der Waals surface area contributed by atoms with Crippen LogP contribution in [0.2, 0.25) is 0 Å². The first-order valence-corrected chi connectivity index (χ1v) is 5.93. The quantitative estimate of drug-likeness (QED) is 0.863. The largest absolute Gasteiger partial charge is 0.494 e. The predicted octanol–water partition coefficient (Wildman–Crippen LogP) is 0.768. The van der Waals surface area contributed by atoms with Crippen molar-refractivity contribution < 1.29 is 9.53 Å². The molecule has 2 rings (SSSR count). The molecule has 0 radical (unpaired) electrons. The fraction of sp³-hybridized carbons (Fsp3) is 0.333. The van der Waals surface area contributed by atoms with Gasteiger partial charge in [-0.1, -0.05) is 0 Å². The number of benzene rings is 1. The predicted molar refractivity (Wildman–Crippen MR) is 79.9 cm³/mol. The Balaban J connectivity index is 0.00000220. The molecule has 2 aromatic rings. The minimum absolute atomic E-state index is 0. The maximum absolute atomic E-state index is 11.9. The van der Waals surface area contributed by atoms with Gasteiger partial charge in [-0.05, 0) is 42.5 Å². The molecule has 0 aliphatic carbocycles. The third-order valence-electron chi connectivity index (χ3n) is 2.62. The lowest BCUT2D eigenvalue weighted by Gasteiger charge is -2.18. The van der Waals surface area contributed by atoms with Crippen molar-refractivity contribution in [1.29, 1.82) is 0 Å². The van der Waals surface area contributed by atoms with Gasteiger partial charge in [-0.25, -0.2) is 0 Å². The Kier molecular flexibility index (Phi) is 5.23. The highest BCUT2D eigenvalue weighted by Crippen LogP contribution is 2.25. The minimum atomic E-state index is -0.963. The number of anilines is 1. The molecule has 0 spiro atoms. The van der Waals surface area contributed by atoms with Gasteiger partial charge in [0.25, 0.3) is 0 Å². The molecule has 0 saturated heterocycles. The van der Waals surface area contributed by atoms with Gasteiger partial charge in [0.15, 0.2) is 0 Å². The van der Waals surface area contributed by atoms with Crippen LogP contribution in [0.4, 0.5) is 5.69 Å². The SMILES string of the molecule is COc1ccc(NC(=O)C(C)(C)N)cc1-n1cnnn1.Cl. The van der Waals surface area contributed by atoms with Crippen molar-refractivity contribution in [3.05, 3.63) is 24.5 Å². The zero-order valence-corrected chi connectivity index (χ0v) is 12.7. The molecule has 1 aromatic heterocycles. The van der Waals surface area contributed by atoms with Crippen LogP contribution in [-0.4, -0.2) is 38.8 Å². The number of tetrazole rings is 1. The van der Waals surface area contributed by atoms with Crippen LogP contribution < -0.4 is 15.8 Å². The number of nitrogens with one attached hydrogen (secondary N) is 1. The average molecular weight is 313 g/mol. The lowest BCUT2D eigenvalue weighted by atomic mass is 10.1. The first-order valence-electron chi connectivity index (χ1n) is 5.93. The third kappa shape index (κ3) is 3.89. The number of carbonyl (C=O) groups excluding carboxylic acids is 1. The van der Waals surface area contributed by atoms with Gasteiger partial charge in [-0.15, -0.1) is 17.5 Å². The van der Waals surface area contributed by atoms with Crippen LogP contribution in [0.5, 0.6) is 5.75 Å². The monoisotopic (exact) mass is 312 g/mol. The van der Waals surface area contributed by atoms with Gasteiger partial charge >= 0.3 is 0 Å². The molecule has 0 aliphatic heterocycles. The number of methoxy groups -OCH3 is 1. The Morgan fingerprint density at radius 1 is 1.43 bits per heavy atom. The molecule has 0 aliphatic rings. The number of amides is 1. The molecule has 0 saturated carbocycles. The van der Waals surface area contributed by atoms with Crippen LogP contribution in [0.25, 0.3) is 5.69 Å². The molecule has 9 heteroatoms. The van der Waals surface area contributed by atoms with E-state index in [1.54, 1.807) is 39.2 Å². The van der Waals surface area contributed by atoms with Crippen LogP contribution in [0.15, 0.2) is 24.5 Å². The van der Waals surface area contributed by atoms with Crippen LogP contribution in [-0.2, 0) is 4.79 Å². The van der Waals surface area contributed by atoms with Crippen LogP contribution in [0, 0.1) is 0 Å². The number of hydrogen-bond acceptors (Lipinski definition) is 6. The molecule has 1 amide bonds. The molecule has 0 unspecified atom stereocenters. The third-order valence-corrected chi connectivity index (χ3v) is 2.62. The number of aromatic nitrogens is 4. The summed E-state index contributed by atoms with van der Waals surface area (Å²) in [4.78, 5) is 11.9. The van der Waals surface area contributed by atoms with E-state index < -0.39 is 5.54 Å². The summed E-state index contributed by atoms with van der Waals surface area (Å²) in [5.74, 6) is 0.299. The smallest absolute Gasteiger partial charge is 0.243 e. The van der Waals surface area contributed by atoms with Gasteiger partial charge in [0, 0.05) is 5.69 Å². The standard InChI is InChI=1S/C12H16N6O2.ClH/c1-12(2,13)11(19)15-8-4-5-10(20-3)9(6-8)18-7-14-16-17-18;/h4-7H,13H2,1-3H3,(H,15,19);1H. The maximum Gasteiger partial charge on any atom is 0.243 e. The van der Waals surface area contributed by atoms with Gasteiger partial charge in [0.2, 0.25) is 5.91 Å². The van der Waals surface area contributed by atoms with E-state index in [9.17, 15) is 4.79 Å². The van der Waals surface area contributed by atoms with E-state index >= 15 is 0 Å². The average Bonchev–Trinajstić information content (AvgIpc) is 2.91. The summed E-state index contributed by atoms with van der Waals surface area (Å²) in [6.07, 6.45) is 1.44. The molecule has 0 bridgehead atoms. The maximum atomic E-state index is 11.9. The van der Waals surface area contributed by atoms with Crippen LogP contribution in [0.1, 0.15) is 13.8 Å². The summed E-state index contributed by atoms with van der Waals surface area (Å²) in [5.41, 5.74) is 5.98. The summed E-state index contributed by atoms with van der Waals surface area (Å²) >= 11 is 0. The summed E-state index contributed by atoms with van der Waals surface area (Å²) in [7, 11) is 1.55. The second kappa shape index (κ2) is 6.51. The zero-order chi connectivity index (χ0) is 14.8. The molecule has 1 heterocycles. The Morgan fingerprint density at radius 3 is 2.67 bits per heavy atom. The van der Waals surface area contributed by atoms with Crippen molar-refractivity contribution in [3.63, 3.8) is 0 Å². The zero-order valence-electron chi connectivity index (χ0n) is 11.9. The van der Waals surface area contributed by atoms with Gasteiger partial charge in [0.1, 0.15) is 17.8 Å². The van der Waals surface area contributed by atoms with Crippen LogP contribution >= 0.6 is 12.4 Å². The fourth-order valence-corrected chi connectivity index (χ4v) is 1.51. The van der Waals surface area contributed by atoms with Gasteiger partial charge < -0.3 is 15.8 Å². The second-order valence-corrected chi connectivity index (χ2v) is 4.82. The van der Waals surface area contributed by atoms with Gasteiger partial charge in [-0.3, -0.25) is 4.79 Å². The number of hydrogen-bond donors (Lipinski definition) is 2. The Bertz CT molecular complexity index is 609. The topological polar surface area (TPSA) is 108 Å². The minimum Gasteiger partial charge on any atom is -0.494 e. The highest BCUT2D eigenvalue weighted by atomic mass is 35.5. The summed E-state index contributed by atoms with van der Waals surface area (Å²) in [6.45, 7) is 3.27. The number of nitrogens with two attached hydrogens (primary N) is 1. The number of ether oxygens (including phenoxy) is 1. The van der Waals surface area contributed by atoms with Crippen molar-refractivity contribution in [2.24, 2.45) is 5.73 Å². The Labute approximate surface area is 128 Å². The highest BCUT2D eigenvalue weighted by molar-refractivity contribution is 5.97. The van der Waals surface area contributed by atoms with Crippen LogP contribution in [0.3, 0.4) is 0 Å². The number of rotatable bonds is 4. The summed E-state index contributed by atoms with van der Waals surface area (Å²) < 4.78 is 6.69. The molecular formula is C12H17ClN6O2. The van der Waals surface area contributed by atoms with E-state index in [-0.39, 0.29) is 18.3 Å². The van der Waals surface area contributed by atoms with E-state index in [1.165, 1.54) is 11.0 Å². The van der Waals surface area contributed by atoms with Crippen molar-refractivity contribution in [2.45, 2.75) is 19.4 Å². The molecule has 114 valence electrons. The van der Waals surface area contributed by atoms with E-state index in [0.717, 1.165) is 0 Å². The fourth-order valence-electron chi connectivity index (χ4n) is 1.51. The molecule has 0 fully saturated rings. The number of halogens is 1. The van der Waals surface area contributed by atoms with Crippen molar-refractivity contribution in [3.8, 4) is 11.4 Å². The molecular weight excluding hydrogens is 296 g/mol. The molecule has 1 aromatic carbocycles. The van der Waals surface area contributed by atoms with E-state index in [2.05, 4.69) is 20.8 Å². The van der Waals surface area contributed by atoms with Gasteiger partial charge in [-0.2, -0.15) is 4.68 Å². The first kappa shape index (κ1) is 16.9. The van der Waals surface area contributed by atoms with Crippen molar-refractivity contribution in [1.82, 2.24) is 20.2 Å². The molecule has 0 atom stereocenters. The van der Waals surface area contributed by atoms with Crippen molar-refractivity contribution in [2.75, 3.05) is 12.4 Å². The molecule has 8 nitrogen and oxygen atoms in total. The van der Waals surface area contributed by atoms with Gasteiger partial charge in [0.05, 0.1) is 12.6 Å². The summed E-state index contributed by atoms with van der Waals surface area (Å²) in [6, 6.07) is 5.14. The lowest BCUT2D eigenvalue weighted by Crippen LogP contribution is -2.45. The number of nitrogens with zero attached hydrogens (tertiary/aromatic N) is 4. The van der Waals surface area contributed by atoms with E-state index in [0.29, 0.717) is 17.1 Å². The Morgan fingerprint density at radius 2 is 2.14 bits per heavy atom.